The van der Waals surface area contributed by atoms with Gasteiger partial charge in [-0.1, -0.05) is 31.2 Å². The summed E-state index contributed by atoms with van der Waals surface area (Å²) < 4.78 is 0. The van der Waals surface area contributed by atoms with Crippen molar-refractivity contribution in [2.75, 3.05) is 39.3 Å². The summed E-state index contributed by atoms with van der Waals surface area (Å²) in [6, 6.07) is 8.07. The number of piperazine rings is 1. The van der Waals surface area contributed by atoms with E-state index in [0.717, 1.165) is 39.3 Å². The molecule has 1 aromatic carbocycles. The lowest BCUT2D eigenvalue weighted by molar-refractivity contribution is -0.123. The van der Waals surface area contributed by atoms with Crippen molar-refractivity contribution in [3.05, 3.63) is 35.4 Å². The van der Waals surface area contributed by atoms with Gasteiger partial charge in [-0.3, -0.25) is 9.69 Å². The molecule has 0 bridgehead atoms. The number of rotatable bonds is 6. The summed E-state index contributed by atoms with van der Waals surface area (Å²) in [5.74, 6) is -0.0251. The molecule has 0 radical (unpaired) electrons. The predicted octanol–water partition coefficient (Wildman–Crippen LogP) is 0.163. The van der Waals surface area contributed by atoms with Crippen LogP contribution in [0.3, 0.4) is 0 Å². The normalized spacial score (nSPS) is 25.2. The quantitative estimate of drug-likeness (QED) is 0.685. The molecule has 1 amide bonds. The highest BCUT2D eigenvalue weighted by atomic mass is 16.3. The fraction of sp³-hybridized carbons (Fsp3) is 0.632. The lowest BCUT2D eigenvalue weighted by Crippen LogP contribution is -2.45. The summed E-state index contributed by atoms with van der Waals surface area (Å²) in [5.41, 5.74) is 2.46. The largest absolute Gasteiger partial charge is 0.392 e. The topological polar surface area (TPSA) is 67.8 Å². The summed E-state index contributed by atoms with van der Waals surface area (Å²) in [4.78, 5) is 17.2. The number of β-amino-alcohol motifs (C(OH)–C–C–N with tert-alkyl or cyclic N) is 1. The van der Waals surface area contributed by atoms with E-state index < -0.39 is 6.10 Å². The second-order valence-corrected chi connectivity index (χ2v) is 7.05. The fourth-order valence-electron chi connectivity index (χ4n) is 3.61. The average molecular weight is 346 g/mol. The summed E-state index contributed by atoms with van der Waals surface area (Å²) in [6.07, 6.45) is 0.0830. The Morgan fingerprint density at radius 1 is 1.20 bits per heavy atom. The predicted molar refractivity (Wildman–Crippen MR) is 98.1 cm³/mol. The zero-order chi connectivity index (χ0) is 17.6. The van der Waals surface area contributed by atoms with Gasteiger partial charge in [-0.25, -0.2) is 0 Å². The van der Waals surface area contributed by atoms with Crippen LogP contribution in [0.4, 0.5) is 0 Å². The maximum absolute atomic E-state index is 12.2. The minimum Gasteiger partial charge on any atom is -0.392 e. The number of nitrogens with one attached hydrogen (secondary N) is 2. The summed E-state index contributed by atoms with van der Waals surface area (Å²) in [7, 11) is 0. The van der Waals surface area contributed by atoms with E-state index in [2.05, 4.69) is 45.6 Å². The monoisotopic (exact) mass is 346 g/mol. The number of aliphatic hydroxyl groups is 1. The molecule has 0 aliphatic carbocycles. The van der Waals surface area contributed by atoms with Crippen molar-refractivity contribution in [1.29, 1.82) is 0 Å². The van der Waals surface area contributed by atoms with Crippen LogP contribution in [0.5, 0.6) is 0 Å². The van der Waals surface area contributed by atoms with Crippen LogP contribution in [-0.4, -0.2) is 72.2 Å². The van der Waals surface area contributed by atoms with Gasteiger partial charge in [-0.05, 0) is 24.1 Å². The molecule has 6 nitrogen and oxygen atoms in total. The third kappa shape index (κ3) is 5.01. The average Bonchev–Trinajstić information content (AvgIpc) is 3.08. The standard InChI is InChI=1S/C19H30N4O2/c1-2-22-7-9-23(10-8-22)14-16-6-4-3-5-15(16)12-21-19(25)18-11-17(24)13-20-18/h3-6,17-18,20,24H,2,7-14H2,1H3,(H,21,25). The zero-order valence-corrected chi connectivity index (χ0v) is 15.1. The van der Waals surface area contributed by atoms with E-state index in [1.807, 2.05) is 6.07 Å². The van der Waals surface area contributed by atoms with Crippen LogP contribution in [-0.2, 0) is 17.9 Å². The van der Waals surface area contributed by atoms with Crippen LogP contribution < -0.4 is 10.6 Å². The number of benzene rings is 1. The van der Waals surface area contributed by atoms with Gasteiger partial charge in [0.2, 0.25) is 5.91 Å². The van der Waals surface area contributed by atoms with Crippen molar-refractivity contribution < 1.29 is 9.90 Å². The minimum atomic E-state index is -0.412. The number of aliphatic hydroxyl groups excluding tert-OH is 1. The molecular weight excluding hydrogens is 316 g/mol. The summed E-state index contributed by atoms with van der Waals surface area (Å²) >= 11 is 0. The molecule has 0 aromatic heterocycles. The SMILES string of the molecule is CCN1CCN(Cc2ccccc2CNC(=O)C2CC(O)CN2)CC1. The molecule has 2 unspecified atom stereocenters. The lowest BCUT2D eigenvalue weighted by Gasteiger charge is -2.34. The highest BCUT2D eigenvalue weighted by molar-refractivity contribution is 5.82. The Balaban J connectivity index is 1.53. The van der Waals surface area contributed by atoms with Gasteiger partial charge in [0, 0.05) is 45.8 Å². The number of carbonyl (C=O) groups is 1. The van der Waals surface area contributed by atoms with Crippen molar-refractivity contribution in [3.8, 4) is 0 Å². The van der Waals surface area contributed by atoms with Gasteiger partial charge < -0.3 is 20.6 Å². The number of carbonyl (C=O) groups excluding carboxylic acids is 1. The van der Waals surface area contributed by atoms with E-state index in [-0.39, 0.29) is 11.9 Å². The van der Waals surface area contributed by atoms with E-state index in [1.165, 1.54) is 11.1 Å². The van der Waals surface area contributed by atoms with E-state index in [1.54, 1.807) is 0 Å². The van der Waals surface area contributed by atoms with Gasteiger partial charge in [0.15, 0.2) is 0 Å². The van der Waals surface area contributed by atoms with Crippen molar-refractivity contribution in [1.82, 2.24) is 20.4 Å². The third-order valence-electron chi connectivity index (χ3n) is 5.30. The Kier molecular flexibility index (Phi) is 6.42. The second-order valence-electron chi connectivity index (χ2n) is 7.05. The Morgan fingerprint density at radius 3 is 2.52 bits per heavy atom. The molecule has 3 N–H and O–H groups in total. The molecule has 2 aliphatic rings. The molecule has 25 heavy (non-hydrogen) atoms. The maximum Gasteiger partial charge on any atom is 0.237 e. The number of amides is 1. The van der Waals surface area contributed by atoms with Gasteiger partial charge in [0.1, 0.15) is 0 Å². The molecule has 6 heteroatoms. The van der Waals surface area contributed by atoms with Gasteiger partial charge in [-0.2, -0.15) is 0 Å². The fourth-order valence-corrected chi connectivity index (χ4v) is 3.61. The molecule has 2 aliphatic heterocycles. The van der Waals surface area contributed by atoms with Crippen molar-refractivity contribution in [2.24, 2.45) is 0 Å². The van der Waals surface area contributed by atoms with Crippen molar-refractivity contribution in [2.45, 2.75) is 38.6 Å². The van der Waals surface area contributed by atoms with E-state index in [0.29, 0.717) is 19.5 Å². The van der Waals surface area contributed by atoms with E-state index >= 15 is 0 Å². The molecular formula is C19H30N4O2. The molecule has 0 saturated carbocycles. The molecule has 2 saturated heterocycles. The molecule has 1 aromatic rings. The Bertz CT molecular complexity index is 572. The molecule has 2 fully saturated rings. The van der Waals surface area contributed by atoms with Crippen LogP contribution in [0.25, 0.3) is 0 Å². The van der Waals surface area contributed by atoms with Crippen LogP contribution in [0.1, 0.15) is 24.5 Å². The summed E-state index contributed by atoms with van der Waals surface area (Å²) in [5, 5.41) is 15.6. The first-order valence-corrected chi connectivity index (χ1v) is 9.36. The smallest absolute Gasteiger partial charge is 0.237 e. The minimum absolute atomic E-state index is 0.0251. The second kappa shape index (κ2) is 8.76. The Hall–Kier alpha value is -1.47. The molecule has 138 valence electrons. The number of hydrogen-bond acceptors (Lipinski definition) is 5. The molecule has 2 atom stereocenters. The van der Waals surface area contributed by atoms with Gasteiger partial charge in [0.05, 0.1) is 12.1 Å². The van der Waals surface area contributed by atoms with Crippen LogP contribution >= 0.6 is 0 Å². The van der Waals surface area contributed by atoms with E-state index in [9.17, 15) is 9.90 Å². The number of likely N-dealkylation sites (N-methyl/N-ethyl adjacent to an activating group) is 1. The number of hydrogen-bond donors (Lipinski definition) is 3. The Labute approximate surface area is 150 Å². The van der Waals surface area contributed by atoms with Gasteiger partial charge >= 0.3 is 0 Å². The lowest BCUT2D eigenvalue weighted by atomic mass is 10.1. The van der Waals surface area contributed by atoms with Crippen LogP contribution in [0.15, 0.2) is 24.3 Å². The first kappa shape index (κ1) is 18.3. The highest BCUT2D eigenvalue weighted by Crippen LogP contribution is 2.14. The van der Waals surface area contributed by atoms with Gasteiger partial charge in [0.25, 0.3) is 0 Å². The summed E-state index contributed by atoms with van der Waals surface area (Å²) in [6.45, 7) is 9.76. The van der Waals surface area contributed by atoms with Crippen molar-refractivity contribution in [3.63, 3.8) is 0 Å². The maximum atomic E-state index is 12.2. The third-order valence-corrected chi connectivity index (χ3v) is 5.30. The highest BCUT2D eigenvalue weighted by Gasteiger charge is 2.27. The Morgan fingerprint density at radius 2 is 1.88 bits per heavy atom. The van der Waals surface area contributed by atoms with Gasteiger partial charge in [-0.15, -0.1) is 0 Å². The first-order chi connectivity index (χ1) is 12.2. The molecule has 3 rings (SSSR count). The van der Waals surface area contributed by atoms with Crippen molar-refractivity contribution >= 4 is 5.91 Å². The molecule has 2 heterocycles. The first-order valence-electron chi connectivity index (χ1n) is 9.36. The van der Waals surface area contributed by atoms with Crippen LogP contribution in [0.2, 0.25) is 0 Å². The van der Waals surface area contributed by atoms with Crippen LogP contribution in [0, 0.1) is 0 Å². The van der Waals surface area contributed by atoms with E-state index in [4.69, 9.17) is 0 Å². The zero-order valence-electron chi connectivity index (χ0n) is 15.1. The number of nitrogens with zero attached hydrogens (tertiary/aromatic N) is 2. The molecule has 0 spiro atoms.